The molecule has 0 aromatic heterocycles. The molecule has 0 saturated heterocycles. The molecule has 0 aliphatic rings. The summed E-state index contributed by atoms with van der Waals surface area (Å²) in [5, 5.41) is 17.9. The van der Waals surface area contributed by atoms with Crippen molar-refractivity contribution >= 4 is 0 Å². The molecule has 0 fully saturated rings. The van der Waals surface area contributed by atoms with E-state index in [4.69, 9.17) is 9.84 Å². The Morgan fingerprint density at radius 2 is 1.94 bits per heavy atom. The Bertz CT molecular complexity index is 366. The molecule has 0 bridgehead atoms. The van der Waals surface area contributed by atoms with Crippen molar-refractivity contribution in [2.24, 2.45) is 0 Å². The monoisotopic (exact) mass is 238 g/mol. The Balaban J connectivity index is 2.77. The molecule has 0 amide bonds. The molecule has 0 heterocycles. The molecule has 0 unspecified atom stereocenters. The normalized spacial score (nSPS) is 13.5. The second-order valence-corrected chi connectivity index (χ2v) is 5.38. The number of benzene rings is 1. The lowest BCUT2D eigenvalue weighted by molar-refractivity contribution is 0.0534. The van der Waals surface area contributed by atoms with Crippen LogP contribution in [0.1, 0.15) is 31.9 Å². The number of hydrogen-bond donors (Lipinski definition) is 2. The van der Waals surface area contributed by atoms with Crippen molar-refractivity contribution in [3.05, 3.63) is 29.3 Å². The number of aliphatic hydroxyl groups excluding tert-OH is 2. The molecule has 0 aliphatic heterocycles. The molecule has 17 heavy (non-hydrogen) atoms. The average molecular weight is 238 g/mol. The average Bonchev–Trinajstić information content (AvgIpc) is 2.25. The first-order valence-corrected chi connectivity index (χ1v) is 5.87. The zero-order valence-corrected chi connectivity index (χ0v) is 11.0. The van der Waals surface area contributed by atoms with E-state index < -0.39 is 6.10 Å². The minimum absolute atomic E-state index is 0.117. The van der Waals surface area contributed by atoms with Crippen LogP contribution in [0.2, 0.25) is 0 Å². The van der Waals surface area contributed by atoms with E-state index in [2.05, 4.69) is 26.8 Å². The lowest BCUT2D eigenvalue weighted by Crippen LogP contribution is -2.21. The molecule has 1 atom stereocenters. The van der Waals surface area contributed by atoms with Gasteiger partial charge in [0.2, 0.25) is 0 Å². The van der Waals surface area contributed by atoms with Crippen LogP contribution in [0, 0.1) is 6.92 Å². The number of rotatable bonds is 4. The van der Waals surface area contributed by atoms with Crippen molar-refractivity contribution < 1.29 is 14.9 Å². The van der Waals surface area contributed by atoms with Crippen LogP contribution in [-0.4, -0.2) is 29.5 Å². The fourth-order valence-electron chi connectivity index (χ4n) is 1.52. The maximum Gasteiger partial charge on any atom is 0.122 e. The minimum atomic E-state index is -0.823. The van der Waals surface area contributed by atoms with Crippen molar-refractivity contribution in [3.8, 4) is 5.75 Å². The van der Waals surface area contributed by atoms with Gasteiger partial charge in [-0.1, -0.05) is 32.9 Å². The van der Waals surface area contributed by atoms with E-state index in [1.165, 1.54) is 5.56 Å². The summed E-state index contributed by atoms with van der Waals surface area (Å²) >= 11 is 0. The van der Waals surface area contributed by atoms with Gasteiger partial charge in [0.15, 0.2) is 0 Å². The fraction of sp³-hybridized carbons (Fsp3) is 0.571. The highest BCUT2D eigenvalue weighted by Crippen LogP contribution is 2.27. The molecule has 0 radical (unpaired) electrons. The van der Waals surface area contributed by atoms with Gasteiger partial charge in [-0.3, -0.25) is 0 Å². The lowest BCUT2D eigenvalue weighted by Gasteiger charge is -2.21. The molecule has 0 saturated carbocycles. The Labute approximate surface area is 103 Å². The number of hydrogen-bond acceptors (Lipinski definition) is 3. The van der Waals surface area contributed by atoms with Crippen LogP contribution in [0.15, 0.2) is 18.2 Å². The third-order valence-corrected chi connectivity index (χ3v) is 2.68. The van der Waals surface area contributed by atoms with E-state index in [1.54, 1.807) is 0 Å². The highest BCUT2D eigenvalue weighted by atomic mass is 16.5. The van der Waals surface area contributed by atoms with E-state index in [9.17, 15) is 5.11 Å². The third-order valence-electron chi connectivity index (χ3n) is 2.68. The smallest absolute Gasteiger partial charge is 0.122 e. The second kappa shape index (κ2) is 5.52. The molecule has 1 aromatic carbocycles. The van der Waals surface area contributed by atoms with Gasteiger partial charge in [-0.05, 0) is 29.5 Å². The number of aryl methyl sites for hydroxylation is 1. The molecule has 0 spiro atoms. The Morgan fingerprint density at radius 1 is 1.29 bits per heavy atom. The van der Waals surface area contributed by atoms with Crippen molar-refractivity contribution in [2.45, 2.75) is 39.2 Å². The van der Waals surface area contributed by atoms with Crippen LogP contribution in [0.3, 0.4) is 0 Å². The van der Waals surface area contributed by atoms with Crippen molar-refractivity contribution in [2.75, 3.05) is 13.2 Å². The van der Waals surface area contributed by atoms with Crippen LogP contribution < -0.4 is 4.74 Å². The van der Waals surface area contributed by atoms with Gasteiger partial charge < -0.3 is 14.9 Å². The maximum atomic E-state index is 9.22. The first-order valence-electron chi connectivity index (χ1n) is 5.87. The van der Waals surface area contributed by atoms with Gasteiger partial charge in [-0.2, -0.15) is 0 Å². The van der Waals surface area contributed by atoms with Gasteiger partial charge in [0.25, 0.3) is 0 Å². The van der Waals surface area contributed by atoms with Crippen LogP contribution in [0.4, 0.5) is 0 Å². The molecule has 1 rings (SSSR count). The maximum absolute atomic E-state index is 9.22. The second-order valence-electron chi connectivity index (χ2n) is 5.38. The quantitative estimate of drug-likeness (QED) is 0.843. The summed E-state index contributed by atoms with van der Waals surface area (Å²) in [5.41, 5.74) is 2.42. The SMILES string of the molecule is Cc1cc(C(C)(C)C)ccc1OC[C@H](O)CO. The summed E-state index contributed by atoms with van der Waals surface area (Å²) in [6.45, 7) is 8.31. The molecule has 2 N–H and O–H groups in total. The fourth-order valence-corrected chi connectivity index (χ4v) is 1.52. The van der Waals surface area contributed by atoms with Crippen molar-refractivity contribution in [3.63, 3.8) is 0 Å². The number of ether oxygens (including phenoxy) is 1. The molecule has 1 aromatic rings. The van der Waals surface area contributed by atoms with Crippen LogP contribution in [-0.2, 0) is 5.41 Å². The summed E-state index contributed by atoms with van der Waals surface area (Å²) in [5.74, 6) is 0.755. The third kappa shape index (κ3) is 4.02. The Morgan fingerprint density at radius 3 is 2.41 bits per heavy atom. The topological polar surface area (TPSA) is 49.7 Å². The van der Waals surface area contributed by atoms with Gasteiger partial charge >= 0.3 is 0 Å². The molecule has 96 valence electrons. The summed E-state index contributed by atoms with van der Waals surface area (Å²) in [6, 6.07) is 6.05. The van der Waals surface area contributed by atoms with Crippen LogP contribution in [0.25, 0.3) is 0 Å². The predicted molar refractivity (Wildman–Crippen MR) is 68.5 cm³/mol. The molecular formula is C14H22O3. The molecular weight excluding hydrogens is 216 g/mol. The molecule has 3 heteroatoms. The van der Waals surface area contributed by atoms with Crippen molar-refractivity contribution in [1.82, 2.24) is 0 Å². The first-order chi connectivity index (χ1) is 7.84. The van der Waals surface area contributed by atoms with E-state index in [0.29, 0.717) is 0 Å². The Hall–Kier alpha value is -1.06. The summed E-state index contributed by atoms with van der Waals surface area (Å²) in [7, 11) is 0. The summed E-state index contributed by atoms with van der Waals surface area (Å²) in [4.78, 5) is 0. The largest absolute Gasteiger partial charge is 0.491 e. The van der Waals surface area contributed by atoms with E-state index in [0.717, 1.165) is 11.3 Å². The van der Waals surface area contributed by atoms with Crippen LogP contribution >= 0.6 is 0 Å². The lowest BCUT2D eigenvalue weighted by atomic mass is 9.86. The minimum Gasteiger partial charge on any atom is -0.491 e. The highest BCUT2D eigenvalue weighted by Gasteiger charge is 2.15. The van der Waals surface area contributed by atoms with E-state index in [-0.39, 0.29) is 18.6 Å². The van der Waals surface area contributed by atoms with E-state index in [1.807, 2.05) is 19.1 Å². The molecule has 0 aliphatic carbocycles. The standard InChI is InChI=1S/C14H22O3/c1-10-7-11(14(2,3)4)5-6-13(10)17-9-12(16)8-15/h5-7,12,15-16H,8-9H2,1-4H3/t12-/m1/s1. The van der Waals surface area contributed by atoms with Gasteiger partial charge in [-0.25, -0.2) is 0 Å². The predicted octanol–water partition coefficient (Wildman–Crippen LogP) is 2.02. The zero-order chi connectivity index (χ0) is 13.1. The van der Waals surface area contributed by atoms with E-state index >= 15 is 0 Å². The Kier molecular flexibility index (Phi) is 4.54. The highest BCUT2D eigenvalue weighted by molar-refractivity contribution is 5.38. The van der Waals surface area contributed by atoms with Gasteiger partial charge in [0, 0.05) is 0 Å². The van der Waals surface area contributed by atoms with Crippen molar-refractivity contribution in [1.29, 1.82) is 0 Å². The first kappa shape index (κ1) is 14.0. The molecule has 3 nitrogen and oxygen atoms in total. The van der Waals surface area contributed by atoms with Gasteiger partial charge in [0.1, 0.15) is 18.5 Å². The number of aliphatic hydroxyl groups is 2. The summed E-state index contributed by atoms with van der Waals surface area (Å²) in [6.07, 6.45) is -0.823. The summed E-state index contributed by atoms with van der Waals surface area (Å²) < 4.78 is 5.45. The van der Waals surface area contributed by atoms with Crippen LogP contribution in [0.5, 0.6) is 5.75 Å². The zero-order valence-electron chi connectivity index (χ0n) is 11.0. The van der Waals surface area contributed by atoms with Gasteiger partial charge in [-0.15, -0.1) is 0 Å². The van der Waals surface area contributed by atoms with Gasteiger partial charge in [0.05, 0.1) is 6.61 Å².